The largest absolute Gasteiger partial charge is 0.497 e. The third-order valence-corrected chi connectivity index (χ3v) is 5.39. The first-order valence-corrected chi connectivity index (χ1v) is 10.4. The van der Waals surface area contributed by atoms with Gasteiger partial charge in [-0.2, -0.15) is 0 Å². The van der Waals surface area contributed by atoms with Crippen LogP contribution in [0.15, 0.2) is 42.5 Å². The first kappa shape index (κ1) is 22.0. The van der Waals surface area contributed by atoms with Gasteiger partial charge in [-0.1, -0.05) is 23.7 Å². The maximum atomic E-state index is 12.9. The fraction of sp³-hybridized carbons (Fsp3) is 0.391. The number of carbonyl (C=O) groups excluding carboxylic acids is 2. The van der Waals surface area contributed by atoms with E-state index in [1.165, 1.54) is 0 Å². The van der Waals surface area contributed by atoms with Crippen molar-refractivity contribution >= 4 is 23.4 Å². The Morgan fingerprint density at radius 1 is 1.13 bits per heavy atom. The molecule has 0 spiro atoms. The summed E-state index contributed by atoms with van der Waals surface area (Å²) in [5.74, 6) is 1.15. The fourth-order valence-corrected chi connectivity index (χ4v) is 3.62. The SMILES string of the molecule is COc1cccc(CC(=O)N2CCCCN(C)C(=O)c3cc(Cl)ccc3OCC2)c1. The summed E-state index contributed by atoms with van der Waals surface area (Å²) in [5, 5.41) is 0.487. The standard InChI is InChI=1S/C23H27ClN2O4/c1-25-10-3-4-11-26(22(27)15-17-6-5-7-19(14-17)29-2)12-13-30-21-9-8-18(24)16-20(21)23(25)28/h5-9,14,16H,3-4,10-13,15H2,1-2H3. The summed E-state index contributed by atoms with van der Waals surface area (Å²) in [6.45, 7) is 1.98. The molecule has 0 saturated carbocycles. The molecule has 3 rings (SSSR count). The van der Waals surface area contributed by atoms with Gasteiger partial charge < -0.3 is 19.3 Å². The topological polar surface area (TPSA) is 59.1 Å². The zero-order valence-corrected chi connectivity index (χ0v) is 18.2. The quantitative estimate of drug-likeness (QED) is 0.745. The van der Waals surface area contributed by atoms with Gasteiger partial charge in [0.2, 0.25) is 5.91 Å². The zero-order valence-electron chi connectivity index (χ0n) is 17.4. The monoisotopic (exact) mass is 430 g/mol. The molecule has 0 atom stereocenters. The minimum absolute atomic E-state index is 0.0460. The molecule has 0 N–H and O–H groups in total. The predicted molar refractivity (Wildman–Crippen MR) is 116 cm³/mol. The molecular weight excluding hydrogens is 404 g/mol. The highest BCUT2D eigenvalue weighted by Gasteiger charge is 2.20. The number of ether oxygens (including phenoxy) is 2. The van der Waals surface area contributed by atoms with Crippen molar-refractivity contribution in [1.29, 1.82) is 0 Å². The smallest absolute Gasteiger partial charge is 0.257 e. The predicted octanol–water partition coefficient (Wildman–Crippen LogP) is 3.66. The summed E-state index contributed by atoms with van der Waals surface area (Å²) in [6, 6.07) is 12.6. The Bertz CT molecular complexity index is 903. The lowest BCUT2D eigenvalue weighted by Gasteiger charge is -2.26. The van der Waals surface area contributed by atoms with E-state index in [1.807, 2.05) is 29.2 Å². The third-order valence-electron chi connectivity index (χ3n) is 5.15. The lowest BCUT2D eigenvalue weighted by atomic mass is 10.1. The Kier molecular flexibility index (Phi) is 7.57. The van der Waals surface area contributed by atoms with Crippen LogP contribution < -0.4 is 9.47 Å². The summed E-state index contributed by atoms with van der Waals surface area (Å²) in [6.07, 6.45) is 1.92. The number of amides is 2. The summed E-state index contributed by atoms with van der Waals surface area (Å²) in [4.78, 5) is 29.2. The van der Waals surface area contributed by atoms with Crippen molar-refractivity contribution < 1.29 is 19.1 Å². The molecule has 6 nitrogen and oxygen atoms in total. The molecule has 2 aromatic rings. The van der Waals surface area contributed by atoms with Gasteiger partial charge in [-0.3, -0.25) is 9.59 Å². The Morgan fingerprint density at radius 2 is 1.93 bits per heavy atom. The fourth-order valence-electron chi connectivity index (χ4n) is 3.45. The molecule has 0 aliphatic carbocycles. The average molecular weight is 431 g/mol. The van der Waals surface area contributed by atoms with Crippen molar-refractivity contribution in [3.8, 4) is 11.5 Å². The molecule has 0 radical (unpaired) electrons. The normalized spacial score (nSPS) is 15.5. The molecule has 0 fully saturated rings. The van der Waals surface area contributed by atoms with Crippen LogP contribution in [-0.4, -0.2) is 62.0 Å². The molecular formula is C23H27ClN2O4. The average Bonchev–Trinajstić information content (AvgIpc) is 2.74. The maximum Gasteiger partial charge on any atom is 0.257 e. The lowest BCUT2D eigenvalue weighted by molar-refractivity contribution is -0.131. The van der Waals surface area contributed by atoms with Crippen LogP contribution in [0.25, 0.3) is 0 Å². The van der Waals surface area contributed by atoms with Crippen LogP contribution >= 0.6 is 11.6 Å². The van der Waals surface area contributed by atoms with Gasteiger partial charge in [0.1, 0.15) is 18.1 Å². The Labute approximate surface area is 182 Å². The van der Waals surface area contributed by atoms with Gasteiger partial charge in [-0.05, 0) is 48.7 Å². The van der Waals surface area contributed by atoms with Gasteiger partial charge in [0, 0.05) is 25.2 Å². The van der Waals surface area contributed by atoms with Crippen molar-refractivity contribution in [2.75, 3.05) is 40.4 Å². The van der Waals surface area contributed by atoms with Crippen LogP contribution in [0.1, 0.15) is 28.8 Å². The number of benzene rings is 2. The van der Waals surface area contributed by atoms with E-state index in [4.69, 9.17) is 21.1 Å². The van der Waals surface area contributed by atoms with E-state index in [2.05, 4.69) is 0 Å². The highest BCUT2D eigenvalue weighted by molar-refractivity contribution is 6.31. The lowest BCUT2D eigenvalue weighted by Crippen LogP contribution is -2.37. The van der Waals surface area contributed by atoms with Crippen LogP contribution in [0.4, 0.5) is 0 Å². The Balaban J connectivity index is 1.73. The molecule has 1 aliphatic heterocycles. The molecule has 30 heavy (non-hydrogen) atoms. The van der Waals surface area contributed by atoms with Crippen LogP contribution in [0.5, 0.6) is 11.5 Å². The molecule has 0 saturated heterocycles. The molecule has 7 heteroatoms. The molecule has 2 amide bonds. The van der Waals surface area contributed by atoms with Gasteiger partial charge in [0.25, 0.3) is 5.91 Å². The van der Waals surface area contributed by atoms with Gasteiger partial charge in [-0.15, -0.1) is 0 Å². The highest BCUT2D eigenvalue weighted by Crippen LogP contribution is 2.25. The van der Waals surface area contributed by atoms with E-state index in [9.17, 15) is 9.59 Å². The van der Waals surface area contributed by atoms with Crippen LogP contribution in [0.2, 0.25) is 5.02 Å². The van der Waals surface area contributed by atoms with E-state index >= 15 is 0 Å². The number of hydrogen-bond donors (Lipinski definition) is 0. The van der Waals surface area contributed by atoms with Crippen molar-refractivity contribution in [1.82, 2.24) is 9.80 Å². The van der Waals surface area contributed by atoms with Crippen LogP contribution in [-0.2, 0) is 11.2 Å². The van der Waals surface area contributed by atoms with Gasteiger partial charge in [0.15, 0.2) is 0 Å². The third kappa shape index (κ3) is 5.66. The maximum absolute atomic E-state index is 12.9. The zero-order chi connectivity index (χ0) is 21.5. The second-order valence-electron chi connectivity index (χ2n) is 7.33. The van der Waals surface area contributed by atoms with Crippen LogP contribution in [0.3, 0.4) is 0 Å². The van der Waals surface area contributed by atoms with E-state index < -0.39 is 0 Å². The van der Waals surface area contributed by atoms with Gasteiger partial charge in [0.05, 0.1) is 25.6 Å². The first-order valence-electron chi connectivity index (χ1n) is 10.1. The molecule has 160 valence electrons. The number of rotatable bonds is 3. The van der Waals surface area contributed by atoms with Crippen molar-refractivity contribution in [3.05, 3.63) is 58.6 Å². The highest BCUT2D eigenvalue weighted by atomic mass is 35.5. The number of fused-ring (bicyclic) bond motifs is 1. The van der Waals surface area contributed by atoms with Gasteiger partial charge >= 0.3 is 0 Å². The number of methoxy groups -OCH3 is 1. The van der Waals surface area contributed by atoms with Gasteiger partial charge in [-0.25, -0.2) is 0 Å². The second kappa shape index (κ2) is 10.3. The molecule has 0 bridgehead atoms. The molecule has 0 aromatic heterocycles. The van der Waals surface area contributed by atoms with Crippen molar-refractivity contribution in [2.45, 2.75) is 19.3 Å². The number of halogens is 1. The molecule has 1 heterocycles. The Morgan fingerprint density at radius 3 is 2.73 bits per heavy atom. The summed E-state index contributed by atoms with van der Waals surface area (Å²) in [7, 11) is 3.38. The summed E-state index contributed by atoms with van der Waals surface area (Å²) < 4.78 is 11.1. The minimum atomic E-state index is -0.112. The molecule has 0 unspecified atom stereocenters. The molecule has 2 aromatic carbocycles. The summed E-state index contributed by atoms with van der Waals surface area (Å²) >= 11 is 6.09. The minimum Gasteiger partial charge on any atom is -0.497 e. The van der Waals surface area contributed by atoms with E-state index in [1.54, 1.807) is 37.3 Å². The van der Waals surface area contributed by atoms with Crippen LogP contribution in [0, 0.1) is 0 Å². The number of hydrogen-bond acceptors (Lipinski definition) is 4. The van der Waals surface area contributed by atoms with E-state index in [-0.39, 0.29) is 11.8 Å². The molecule has 1 aliphatic rings. The number of nitrogens with zero attached hydrogens (tertiary/aromatic N) is 2. The van der Waals surface area contributed by atoms with Crippen molar-refractivity contribution in [2.24, 2.45) is 0 Å². The second-order valence-corrected chi connectivity index (χ2v) is 7.77. The van der Waals surface area contributed by atoms with Crippen molar-refractivity contribution in [3.63, 3.8) is 0 Å². The number of carbonyl (C=O) groups is 2. The van der Waals surface area contributed by atoms with E-state index in [0.29, 0.717) is 49.0 Å². The van der Waals surface area contributed by atoms with E-state index in [0.717, 1.165) is 24.2 Å². The Hall–Kier alpha value is -2.73. The first-order chi connectivity index (χ1) is 14.5. The summed E-state index contributed by atoms with van der Waals surface area (Å²) in [5.41, 5.74) is 1.36.